The molecular formula is C17H22N3NaO5. The molecule has 0 spiro atoms. The molecule has 9 heteroatoms. The molecule has 0 aromatic heterocycles. The molecule has 2 atom stereocenters. The van der Waals surface area contributed by atoms with E-state index >= 15 is 0 Å². The van der Waals surface area contributed by atoms with Crippen LogP contribution in [0.1, 0.15) is 37.0 Å². The second-order valence-electron chi connectivity index (χ2n) is 6.48. The quantitative estimate of drug-likeness (QED) is 0.279. The Morgan fingerprint density at radius 2 is 2.00 bits per heavy atom. The first-order valence-corrected chi connectivity index (χ1v) is 8.13. The number of amides is 2. The van der Waals surface area contributed by atoms with Crippen LogP contribution in [0.15, 0.2) is 18.2 Å². The summed E-state index contributed by atoms with van der Waals surface area (Å²) in [6, 6.07) is 2.20. The Labute approximate surface area is 174 Å². The maximum absolute atomic E-state index is 12.7. The van der Waals surface area contributed by atoms with Gasteiger partial charge in [0.25, 0.3) is 5.91 Å². The fourth-order valence-electron chi connectivity index (χ4n) is 2.91. The number of carboxylic acid groups (broad SMARTS) is 1. The molecule has 1 aromatic carbocycles. The third-order valence-electron chi connectivity index (χ3n) is 4.29. The molecule has 1 saturated heterocycles. The van der Waals surface area contributed by atoms with Crippen LogP contribution in [0.2, 0.25) is 0 Å². The summed E-state index contributed by atoms with van der Waals surface area (Å²) in [5.41, 5.74) is 5.99. The van der Waals surface area contributed by atoms with Crippen LogP contribution in [0, 0.1) is 5.92 Å². The van der Waals surface area contributed by atoms with E-state index in [1.165, 1.54) is 23.1 Å². The maximum Gasteiger partial charge on any atom is 1.00 e. The van der Waals surface area contributed by atoms with Crippen LogP contribution in [0.5, 0.6) is 5.75 Å². The van der Waals surface area contributed by atoms with E-state index in [2.05, 4.69) is 5.32 Å². The number of benzene rings is 1. The minimum atomic E-state index is -1.37. The van der Waals surface area contributed by atoms with Crippen molar-refractivity contribution in [2.75, 3.05) is 12.3 Å². The number of carbonyl (C=O) groups is 3. The maximum atomic E-state index is 12.7. The number of phenols is 1. The zero-order valence-corrected chi connectivity index (χ0v) is 17.2. The Hall–Kier alpha value is -1.77. The Balaban J connectivity index is 0.00000338. The SMILES string of the molecule is CC(C)C(NC(=O)C1CCCN1C(=O)c1cc(N)ccc1O)C(=O)[O-].[Na+]. The van der Waals surface area contributed by atoms with Gasteiger partial charge in [-0.3, -0.25) is 9.59 Å². The molecule has 2 amide bonds. The van der Waals surface area contributed by atoms with Crippen molar-refractivity contribution in [2.45, 2.75) is 38.8 Å². The van der Waals surface area contributed by atoms with Crippen LogP contribution in [0.3, 0.4) is 0 Å². The van der Waals surface area contributed by atoms with E-state index in [0.29, 0.717) is 25.1 Å². The Bertz CT molecular complexity index is 695. The van der Waals surface area contributed by atoms with Crippen LogP contribution in [-0.4, -0.2) is 46.4 Å². The summed E-state index contributed by atoms with van der Waals surface area (Å²) in [4.78, 5) is 37.7. The van der Waals surface area contributed by atoms with Gasteiger partial charge in [0, 0.05) is 12.2 Å². The van der Waals surface area contributed by atoms with E-state index in [0.717, 1.165) is 0 Å². The first-order chi connectivity index (χ1) is 11.7. The topological polar surface area (TPSA) is 136 Å². The van der Waals surface area contributed by atoms with Crippen LogP contribution in [0.4, 0.5) is 5.69 Å². The van der Waals surface area contributed by atoms with Crippen molar-refractivity contribution < 1.29 is 54.2 Å². The molecule has 2 rings (SSSR count). The predicted molar refractivity (Wildman–Crippen MR) is 88.4 cm³/mol. The van der Waals surface area contributed by atoms with Crippen molar-refractivity contribution >= 4 is 23.5 Å². The summed E-state index contributed by atoms with van der Waals surface area (Å²) in [7, 11) is 0. The average Bonchev–Trinajstić information content (AvgIpc) is 3.03. The zero-order valence-electron chi connectivity index (χ0n) is 15.2. The fourth-order valence-corrected chi connectivity index (χ4v) is 2.91. The molecule has 8 nitrogen and oxygen atoms in total. The Morgan fingerprint density at radius 3 is 2.58 bits per heavy atom. The normalized spacial score (nSPS) is 17.5. The summed E-state index contributed by atoms with van der Waals surface area (Å²) in [6.07, 6.45) is 1.02. The third-order valence-corrected chi connectivity index (χ3v) is 4.29. The van der Waals surface area contributed by atoms with Gasteiger partial charge in [-0.25, -0.2) is 0 Å². The number of nitrogens with zero attached hydrogens (tertiary/aromatic N) is 1. The van der Waals surface area contributed by atoms with Gasteiger partial charge in [-0.05, 0) is 37.0 Å². The van der Waals surface area contributed by atoms with Gasteiger partial charge >= 0.3 is 29.6 Å². The van der Waals surface area contributed by atoms with Gasteiger partial charge in [-0.15, -0.1) is 0 Å². The van der Waals surface area contributed by atoms with E-state index in [9.17, 15) is 24.6 Å². The summed E-state index contributed by atoms with van der Waals surface area (Å²) < 4.78 is 0. The molecule has 4 N–H and O–H groups in total. The van der Waals surface area contributed by atoms with Crippen molar-refractivity contribution in [2.24, 2.45) is 5.92 Å². The molecule has 1 aliphatic rings. The van der Waals surface area contributed by atoms with E-state index < -0.39 is 29.9 Å². The first-order valence-electron chi connectivity index (χ1n) is 8.13. The van der Waals surface area contributed by atoms with Crippen LogP contribution in [0.25, 0.3) is 0 Å². The third kappa shape index (κ3) is 4.90. The van der Waals surface area contributed by atoms with Gasteiger partial charge in [0.1, 0.15) is 11.8 Å². The number of nitrogens with two attached hydrogens (primary N) is 1. The minimum Gasteiger partial charge on any atom is -0.548 e. The van der Waals surface area contributed by atoms with Gasteiger partial charge in [0.2, 0.25) is 5.91 Å². The predicted octanol–water partition coefficient (Wildman–Crippen LogP) is -3.53. The number of rotatable bonds is 5. The van der Waals surface area contributed by atoms with E-state index in [-0.39, 0.29) is 46.8 Å². The van der Waals surface area contributed by atoms with Gasteiger partial charge in [0.05, 0.1) is 17.6 Å². The van der Waals surface area contributed by atoms with Crippen molar-refractivity contribution in [3.63, 3.8) is 0 Å². The molecule has 1 heterocycles. The van der Waals surface area contributed by atoms with Crippen molar-refractivity contribution in [1.82, 2.24) is 10.2 Å². The largest absolute Gasteiger partial charge is 1.00 e. The molecule has 0 aliphatic carbocycles. The molecule has 2 unspecified atom stereocenters. The second-order valence-corrected chi connectivity index (χ2v) is 6.48. The number of carboxylic acids is 1. The molecule has 26 heavy (non-hydrogen) atoms. The number of aliphatic carboxylic acids is 1. The van der Waals surface area contributed by atoms with Crippen LogP contribution in [-0.2, 0) is 9.59 Å². The zero-order chi connectivity index (χ0) is 18.7. The Kier molecular flexibility index (Phi) is 7.92. The fraction of sp³-hybridized carbons (Fsp3) is 0.471. The molecule has 1 aliphatic heterocycles. The smallest absolute Gasteiger partial charge is 0.548 e. The number of carbonyl (C=O) groups excluding carboxylic acids is 3. The second kappa shape index (κ2) is 9.25. The average molecular weight is 371 g/mol. The van der Waals surface area contributed by atoms with Crippen molar-refractivity contribution in [1.29, 1.82) is 0 Å². The summed E-state index contributed by atoms with van der Waals surface area (Å²) in [5.74, 6) is -3.00. The van der Waals surface area contributed by atoms with Gasteiger partial charge in [-0.2, -0.15) is 0 Å². The number of likely N-dealkylation sites (tertiary alicyclic amines) is 1. The minimum absolute atomic E-state index is 0. The van der Waals surface area contributed by atoms with Gasteiger partial charge < -0.3 is 31.0 Å². The molecule has 1 aromatic rings. The van der Waals surface area contributed by atoms with Gasteiger partial charge in [-0.1, -0.05) is 13.8 Å². The number of nitrogen functional groups attached to an aromatic ring is 1. The molecule has 1 fully saturated rings. The summed E-state index contributed by atoms with van der Waals surface area (Å²) in [5, 5.41) is 23.5. The number of hydrogen-bond donors (Lipinski definition) is 3. The van der Waals surface area contributed by atoms with Gasteiger partial charge in [0.15, 0.2) is 0 Å². The summed E-state index contributed by atoms with van der Waals surface area (Å²) >= 11 is 0. The molecule has 0 saturated carbocycles. The first kappa shape index (κ1) is 22.3. The molecule has 136 valence electrons. The number of anilines is 1. The Morgan fingerprint density at radius 1 is 1.35 bits per heavy atom. The number of phenolic OH excluding ortho intramolecular Hbond substituents is 1. The molecule has 0 radical (unpaired) electrons. The monoisotopic (exact) mass is 371 g/mol. The van der Waals surface area contributed by atoms with Crippen molar-refractivity contribution in [3.8, 4) is 5.75 Å². The van der Waals surface area contributed by atoms with E-state index in [1.807, 2.05) is 0 Å². The molecular weight excluding hydrogens is 349 g/mol. The van der Waals surface area contributed by atoms with Crippen LogP contribution < -0.4 is 45.7 Å². The molecule has 0 bridgehead atoms. The summed E-state index contributed by atoms with van der Waals surface area (Å²) in [6.45, 7) is 3.65. The number of hydrogen-bond acceptors (Lipinski definition) is 6. The van der Waals surface area contributed by atoms with E-state index in [1.54, 1.807) is 13.8 Å². The standard InChI is InChI=1S/C17H23N3O5.Na/c1-9(2)14(17(24)25)19-15(22)12-4-3-7-20(12)16(23)11-8-10(18)5-6-13(11)21;/h5-6,8-9,12,14,21H,3-4,7,18H2,1-2H3,(H,19,22)(H,24,25);/q;+1/p-1. The number of nitrogens with one attached hydrogen (secondary N) is 1. The number of aromatic hydroxyl groups is 1. The van der Waals surface area contributed by atoms with Crippen LogP contribution >= 0.6 is 0 Å². The van der Waals surface area contributed by atoms with Crippen molar-refractivity contribution in [3.05, 3.63) is 23.8 Å². The van der Waals surface area contributed by atoms with E-state index in [4.69, 9.17) is 5.73 Å².